The van der Waals surface area contributed by atoms with Gasteiger partial charge < -0.3 is 0 Å². The average Bonchev–Trinajstić information content (AvgIpc) is 2.77. The van der Waals surface area contributed by atoms with Crippen molar-refractivity contribution in [2.45, 2.75) is 0 Å². The van der Waals surface area contributed by atoms with Crippen molar-refractivity contribution in [1.29, 1.82) is 0 Å². The summed E-state index contributed by atoms with van der Waals surface area (Å²) >= 11 is -0.601. The molecule has 4 rings (SSSR count). The minimum atomic E-state index is -0.887. The molecule has 0 aliphatic rings. The van der Waals surface area contributed by atoms with Gasteiger partial charge in [0.1, 0.15) is 0 Å². The van der Waals surface area contributed by atoms with Crippen LogP contribution in [-0.4, -0.2) is 11.1 Å². The molecule has 0 saturated carbocycles. The summed E-state index contributed by atoms with van der Waals surface area (Å²) < 4.78 is 11.0. The molecule has 0 saturated heterocycles. The Balaban J connectivity index is 1.37. The maximum atomic E-state index is 11.1. The molecule has 0 amide bonds. The van der Waals surface area contributed by atoms with Gasteiger partial charge in [-0.25, -0.2) is 0 Å². The zero-order chi connectivity index (χ0) is 20.8. The fourth-order valence-corrected chi connectivity index (χ4v) is 7.21. The molecule has 0 fully saturated rings. The summed E-state index contributed by atoms with van der Waals surface area (Å²) in [6.45, 7) is 0. The normalized spacial score (nSPS) is 10.8. The molecule has 30 heavy (non-hydrogen) atoms. The van der Waals surface area contributed by atoms with E-state index in [-0.39, 0.29) is 21.2 Å². The molecular weight excluding hydrogens is 602 g/mol. The van der Waals surface area contributed by atoms with Crippen molar-refractivity contribution in [2.75, 3.05) is 0 Å². The maximum absolute atomic E-state index is 11.1. The molecule has 4 aromatic rings. The van der Waals surface area contributed by atoms with Gasteiger partial charge in [0.25, 0.3) is 0 Å². The van der Waals surface area contributed by atoms with Gasteiger partial charge in [0, 0.05) is 0 Å². The second-order valence-corrected chi connectivity index (χ2v) is 12.4. The van der Waals surface area contributed by atoms with Crippen LogP contribution in [0.1, 0.15) is 10.4 Å². The Morgan fingerprint density at radius 1 is 0.600 bits per heavy atom. The molecular formula is C25H18I2O3-2. The van der Waals surface area contributed by atoms with Crippen molar-refractivity contribution in [3.05, 3.63) is 123 Å². The van der Waals surface area contributed by atoms with E-state index in [1.807, 2.05) is 36.4 Å². The van der Waals surface area contributed by atoms with Crippen LogP contribution in [0.2, 0.25) is 0 Å². The molecule has 0 aromatic heterocycles. The molecule has 0 bridgehead atoms. The number of benzene rings is 4. The standard InChI is InChI=1S/C25H18I2O3/c28-25(29)18-5-4-8-22(17-18)27-21-11-15-24(16-12-21)30-23-13-9-20(10-14-23)26-19-6-2-1-3-7-19/h1-17H,(H,28,29)/q-2. The quantitative estimate of drug-likeness (QED) is 0.282. The third-order valence-electron chi connectivity index (χ3n) is 4.10. The Labute approximate surface area is 196 Å². The van der Waals surface area contributed by atoms with Crippen molar-refractivity contribution in [2.24, 2.45) is 0 Å². The van der Waals surface area contributed by atoms with Gasteiger partial charge in [0.2, 0.25) is 0 Å². The van der Waals surface area contributed by atoms with Crippen LogP contribution in [0.5, 0.6) is 11.5 Å². The number of halogens is 2. The minimum absolute atomic E-state index is 0.169. The molecule has 152 valence electrons. The van der Waals surface area contributed by atoms with E-state index in [0.717, 1.165) is 15.1 Å². The number of rotatable bonds is 7. The molecule has 5 heteroatoms. The first kappa shape index (κ1) is 20.9. The van der Waals surface area contributed by atoms with Gasteiger partial charge in [-0.2, -0.15) is 0 Å². The van der Waals surface area contributed by atoms with Crippen LogP contribution in [0, 0.1) is 14.3 Å². The van der Waals surface area contributed by atoms with Gasteiger partial charge in [0.15, 0.2) is 0 Å². The molecule has 0 spiro atoms. The van der Waals surface area contributed by atoms with Crippen molar-refractivity contribution >= 4 is 5.97 Å². The van der Waals surface area contributed by atoms with Crippen LogP contribution >= 0.6 is 0 Å². The number of carboxylic acid groups (broad SMARTS) is 1. The summed E-state index contributed by atoms with van der Waals surface area (Å²) in [7, 11) is 0. The Kier molecular flexibility index (Phi) is 7.01. The third kappa shape index (κ3) is 5.82. The van der Waals surface area contributed by atoms with Crippen molar-refractivity contribution in [3.63, 3.8) is 0 Å². The van der Waals surface area contributed by atoms with Gasteiger partial charge in [-0.1, -0.05) is 0 Å². The number of hydrogen-bond donors (Lipinski definition) is 1. The van der Waals surface area contributed by atoms with E-state index < -0.39 is 27.2 Å². The van der Waals surface area contributed by atoms with Crippen molar-refractivity contribution < 1.29 is 57.0 Å². The van der Waals surface area contributed by atoms with Crippen LogP contribution in [0.4, 0.5) is 0 Å². The molecule has 0 aliphatic heterocycles. The summed E-state index contributed by atoms with van der Waals surface area (Å²) in [5.74, 6) is 0.737. The first-order valence-electron chi connectivity index (χ1n) is 9.22. The Hall–Kier alpha value is -2.39. The van der Waals surface area contributed by atoms with Crippen LogP contribution in [-0.2, 0) is 0 Å². The Morgan fingerprint density at radius 2 is 1.10 bits per heavy atom. The van der Waals surface area contributed by atoms with E-state index in [1.54, 1.807) is 18.2 Å². The fraction of sp³-hybridized carbons (Fsp3) is 0. The second-order valence-electron chi connectivity index (χ2n) is 6.31. The Morgan fingerprint density at radius 3 is 1.67 bits per heavy atom. The van der Waals surface area contributed by atoms with Gasteiger partial charge in [0.05, 0.1) is 0 Å². The number of carbonyl (C=O) groups is 1. The zero-order valence-electron chi connectivity index (χ0n) is 15.8. The van der Waals surface area contributed by atoms with Gasteiger partial charge >= 0.3 is 197 Å². The summed E-state index contributed by atoms with van der Waals surface area (Å²) in [4.78, 5) is 11.1. The SMILES string of the molecule is O=C(O)c1cccc([I-]c2ccc(Oc3ccc([I-]c4ccccc4)cc3)cc2)c1. The Bertz CT molecular complexity index is 1130. The zero-order valence-corrected chi connectivity index (χ0v) is 20.1. The van der Waals surface area contributed by atoms with Crippen LogP contribution < -0.4 is 47.1 Å². The predicted octanol–water partition coefficient (Wildman–Crippen LogP) is -0.566. The van der Waals surface area contributed by atoms with E-state index in [2.05, 4.69) is 48.5 Å². The van der Waals surface area contributed by atoms with Crippen LogP contribution in [0.15, 0.2) is 103 Å². The summed E-state index contributed by atoms with van der Waals surface area (Å²) in [6.07, 6.45) is 0. The van der Waals surface area contributed by atoms with E-state index in [1.165, 1.54) is 10.7 Å². The molecule has 0 atom stereocenters. The topological polar surface area (TPSA) is 46.5 Å². The second kappa shape index (κ2) is 10.1. The van der Waals surface area contributed by atoms with Gasteiger partial charge in [-0.3, -0.25) is 0 Å². The van der Waals surface area contributed by atoms with E-state index in [0.29, 0.717) is 5.56 Å². The van der Waals surface area contributed by atoms with E-state index >= 15 is 0 Å². The molecule has 0 radical (unpaired) electrons. The molecule has 4 aromatic carbocycles. The molecule has 3 nitrogen and oxygen atoms in total. The summed E-state index contributed by atoms with van der Waals surface area (Å²) in [6, 6.07) is 34.2. The first-order valence-corrected chi connectivity index (χ1v) is 13.5. The monoisotopic (exact) mass is 620 g/mol. The fourth-order valence-electron chi connectivity index (χ4n) is 2.68. The van der Waals surface area contributed by atoms with Crippen LogP contribution in [0.3, 0.4) is 0 Å². The average molecular weight is 620 g/mol. The number of ether oxygens (including phenoxy) is 1. The summed E-state index contributed by atoms with van der Waals surface area (Å²) in [5.41, 5.74) is 0.338. The van der Waals surface area contributed by atoms with Crippen molar-refractivity contribution in [3.8, 4) is 11.5 Å². The van der Waals surface area contributed by atoms with Crippen LogP contribution in [0.25, 0.3) is 0 Å². The number of aromatic carboxylic acids is 1. The molecule has 1 N–H and O–H groups in total. The predicted molar refractivity (Wildman–Crippen MR) is 108 cm³/mol. The molecule has 0 heterocycles. The van der Waals surface area contributed by atoms with E-state index in [4.69, 9.17) is 9.84 Å². The first-order chi connectivity index (χ1) is 14.7. The van der Waals surface area contributed by atoms with Crippen molar-refractivity contribution in [1.82, 2.24) is 0 Å². The van der Waals surface area contributed by atoms with Gasteiger partial charge in [-0.05, 0) is 0 Å². The molecule has 0 unspecified atom stereocenters. The molecule has 0 aliphatic carbocycles. The van der Waals surface area contributed by atoms with E-state index in [9.17, 15) is 4.79 Å². The number of hydrogen-bond acceptors (Lipinski definition) is 2. The summed E-state index contributed by atoms with van der Waals surface area (Å²) in [5, 5.41) is 9.14. The van der Waals surface area contributed by atoms with Gasteiger partial charge in [-0.15, -0.1) is 0 Å². The number of carboxylic acids is 1. The third-order valence-corrected chi connectivity index (χ3v) is 9.42.